The molecule has 25 heavy (non-hydrogen) atoms. The molecule has 0 aromatic heterocycles. The summed E-state index contributed by atoms with van der Waals surface area (Å²) in [6, 6.07) is 13.8. The molecule has 2 rings (SSSR count). The summed E-state index contributed by atoms with van der Waals surface area (Å²) >= 11 is 3.35. The molecule has 2 aromatic carbocycles. The summed E-state index contributed by atoms with van der Waals surface area (Å²) < 4.78 is 6.03. The second-order valence-electron chi connectivity index (χ2n) is 5.11. The summed E-state index contributed by atoms with van der Waals surface area (Å²) in [5.41, 5.74) is 1.23. The monoisotopic (exact) mass is 398 g/mol. The lowest BCUT2D eigenvalue weighted by Crippen LogP contribution is -2.15. The number of nitrogens with zero attached hydrogens (tertiary/aromatic N) is 1. The molecule has 0 bridgehead atoms. The van der Waals surface area contributed by atoms with Crippen molar-refractivity contribution in [1.29, 1.82) is 5.26 Å². The summed E-state index contributed by atoms with van der Waals surface area (Å²) in [6.45, 7) is 1.42. The van der Waals surface area contributed by atoms with Crippen molar-refractivity contribution in [2.75, 3.05) is 12.4 Å². The van der Waals surface area contributed by atoms with E-state index >= 15 is 0 Å². The molecule has 6 heteroatoms. The van der Waals surface area contributed by atoms with Gasteiger partial charge in [0.05, 0.1) is 12.8 Å². The van der Waals surface area contributed by atoms with Gasteiger partial charge in [-0.2, -0.15) is 5.26 Å². The molecule has 0 fully saturated rings. The van der Waals surface area contributed by atoms with E-state index in [4.69, 9.17) is 4.74 Å². The fourth-order valence-corrected chi connectivity index (χ4v) is 2.59. The average Bonchev–Trinajstić information content (AvgIpc) is 2.60. The number of Topliss-reactive ketones (excluding diaryl/α,β-unsaturated/α-hetero) is 1. The van der Waals surface area contributed by atoms with Gasteiger partial charge in [0.1, 0.15) is 17.4 Å². The Morgan fingerprint density at radius 2 is 1.96 bits per heavy atom. The molecule has 0 saturated heterocycles. The van der Waals surface area contributed by atoms with Crippen LogP contribution in [0.1, 0.15) is 22.8 Å². The van der Waals surface area contributed by atoms with Crippen molar-refractivity contribution < 1.29 is 14.3 Å². The van der Waals surface area contributed by atoms with Crippen LogP contribution in [0.25, 0.3) is 6.08 Å². The van der Waals surface area contributed by atoms with Gasteiger partial charge in [-0.15, -0.1) is 0 Å². The van der Waals surface area contributed by atoms with Gasteiger partial charge in [0.2, 0.25) is 0 Å². The van der Waals surface area contributed by atoms with Crippen LogP contribution in [0.5, 0.6) is 5.75 Å². The van der Waals surface area contributed by atoms with Gasteiger partial charge < -0.3 is 10.1 Å². The van der Waals surface area contributed by atoms with Crippen LogP contribution in [0, 0.1) is 11.3 Å². The van der Waals surface area contributed by atoms with Crippen LogP contribution in [0.15, 0.2) is 52.5 Å². The first-order chi connectivity index (χ1) is 12.0. The second kappa shape index (κ2) is 8.27. The number of nitrogens with one attached hydrogen (secondary N) is 1. The number of carbonyl (C=O) groups excluding carboxylic acids is 2. The summed E-state index contributed by atoms with van der Waals surface area (Å²) in [5, 5.41) is 12.0. The Kier molecular flexibility index (Phi) is 6.09. The van der Waals surface area contributed by atoms with Crippen molar-refractivity contribution >= 4 is 39.4 Å². The number of ether oxygens (including phenoxy) is 1. The lowest BCUT2D eigenvalue weighted by molar-refractivity contribution is -0.112. The zero-order valence-electron chi connectivity index (χ0n) is 13.7. The van der Waals surface area contributed by atoms with E-state index in [1.54, 1.807) is 42.5 Å². The maximum Gasteiger partial charge on any atom is 0.266 e. The van der Waals surface area contributed by atoms with E-state index in [1.165, 1.54) is 20.1 Å². The minimum atomic E-state index is -0.599. The highest BCUT2D eigenvalue weighted by Gasteiger charge is 2.14. The number of ketones is 1. The number of hydrogen-bond acceptors (Lipinski definition) is 4. The van der Waals surface area contributed by atoms with Gasteiger partial charge in [0.15, 0.2) is 5.78 Å². The van der Waals surface area contributed by atoms with Gasteiger partial charge in [0.25, 0.3) is 5.91 Å². The lowest BCUT2D eigenvalue weighted by atomic mass is 10.1. The Morgan fingerprint density at radius 3 is 2.60 bits per heavy atom. The normalized spacial score (nSPS) is 10.7. The molecule has 0 aliphatic carbocycles. The largest absolute Gasteiger partial charge is 0.496 e. The van der Waals surface area contributed by atoms with Gasteiger partial charge >= 0.3 is 0 Å². The van der Waals surface area contributed by atoms with Gasteiger partial charge in [0, 0.05) is 15.6 Å². The summed E-state index contributed by atoms with van der Waals surface area (Å²) in [7, 11) is 1.51. The first-order valence-corrected chi connectivity index (χ1v) is 8.12. The minimum Gasteiger partial charge on any atom is -0.496 e. The van der Waals surface area contributed by atoms with E-state index in [0.29, 0.717) is 22.6 Å². The van der Waals surface area contributed by atoms with Gasteiger partial charge in [-0.25, -0.2) is 0 Å². The fraction of sp³-hybridized carbons (Fsp3) is 0.105. The average molecular weight is 399 g/mol. The van der Waals surface area contributed by atoms with E-state index in [1.807, 2.05) is 6.07 Å². The second-order valence-corrected chi connectivity index (χ2v) is 6.03. The molecular formula is C19H15BrN2O3. The van der Waals surface area contributed by atoms with Gasteiger partial charge in [-0.05, 0) is 43.3 Å². The maximum atomic E-state index is 12.4. The number of para-hydroxylation sites is 1. The molecule has 0 aliphatic rings. The van der Waals surface area contributed by atoms with E-state index in [-0.39, 0.29) is 11.4 Å². The van der Waals surface area contributed by atoms with E-state index in [9.17, 15) is 14.9 Å². The molecular weight excluding hydrogens is 384 g/mol. The third kappa shape index (κ3) is 4.55. The zero-order valence-corrected chi connectivity index (χ0v) is 15.3. The molecule has 0 radical (unpaired) electrons. The highest BCUT2D eigenvalue weighted by atomic mass is 79.9. The molecule has 5 nitrogen and oxygen atoms in total. The number of nitriles is 1. The first-order valence-electron chi connectivity index (χ1n) is 7.33. The van der Waals surface area contributed by atoms with Gasteiger partial charge in [-0.3, -0.25) is 9.59 Å². The Bertz CT molecular complexity index is 898. The zero-order chi connectivity index (χ0) is 18.4. The smallest absolute Gasteiger partial charge is 0.266 e. The van der Waals surface area contributed by atoms with E-state index in [2.05, 4.69) is 21.2 Å². The van der Waals surface area contributed by atoms with E-state index in [0.717, 1.165) is 4.47 Å². The SMILES string of the molecule is COc1ccc(Br)cc1/C=C(/C#N)C(=O)Nc1ccccc1C(C)=O. The Balaban J connectivity index is 2.36. The van der Waals surface area contributed by atoms with Crippen LogP contribution >= 0.6 is 15.9 Å². The Labute approximate surface area is 154 Å². The van der Waals surface area contributed by atoms with Crippen LogP contribution in [0.2, 0.25) is 0 Å². The quantitative estimate of drug-likeness (QED) is 0.464. The number of benzene rings is 2. The molecule has 2 aromatic rings. The number of anilines is 1. The number of hydrogen-bond donors (Lipinski definition) is 1. The van der Waals surface area contributed by atoms with Crippen molar-refractivity contribution in [2.24, 2.45) is 0 Å². The number of halogens is 1. The number of methoxy groups -OCH3 is 1. The molecule has 0 unspecified atom stereocenters. The van der Waals surface area contributed by atoms with Crippen molar-refractivity contribution in [3.05, 3.63) is 63.6 Å². The topological polar surface area (TPSA) is 79.2 Å². The van der Waals surface area contributed by atoms with Crippen LogP contribution in [0.4, 0.5) is 5.69 Å². The third-order valence-corrected chi connectivity index (χ3v) is 3.90. The van der Waals surface area contributed by atoms with Crippen LogP contribution in [-0.2, 0) is 4.79 Å². The predicted molar refractivity (Wildman–Crippen MR) is 99.4 cm³/mol. The molecule has 0 spiro atoms. The third-order valence-electron chi connectivity index (χ3n) is 3.41. The van der Waals surface area contributed by atoms with Crippen molar-refractivity contribution in [3.63, 3.8) is 0 Å². The minimum absolute atomic E-state index is 0.102. The molecule has 0 heterocycles. The number of carbonyl (C=O) groups is 2. The van der Waals surface area contributed by atoms with Crippen LogP contribution in [-0.4, -0.2) is 18.8 Å². The summed E-state index contributed by atoms with van der Waals surface area (Å²) in [4.78, 5) is 24.1. The summed E-state index contributed by atoms with van der Waals surface area (Å²) in [6.07, 6.45) is 1.44. The van der Waals surface area contributed by atoms with E-state index < -0.39 is 5.91 Å². The van der Waals surface area contributed by atoms with Gasteiger partial charge in [-0.1, -0.05) is 28.1 Å². The molecule has 0 aliphatic heterocycles. The maximum absolute atomic E-state index is 12.4. The highest BCUT2D eigenvalue weighted by molar-refractivity contribution is 9.10. The Hall–Kier alpha value is -2.91. The number of rotatable bonds is 5. The predicted octanol–water partition coefficient (Wildman–Crippen LogP) is 4.21. The molecule has 126 valence electrons. The highest BCUT2D eigenvalue weighted by Crippen LogP contribution is 2.25. The van der Waals surface area contributed by atoms with Crippen molar-refractivity contribution in [3.8, 4) is 11.8 Å². The van der Waals surface area contributed by atoms with Crippen molar-refractivity contribution in [2.45, 2.75) is 6.92 Å². The van der Waals surface area contributed by atoms with Crippen LogP contribution in [0.3, 0.4) is 0 Å². The summed E-state index contributed by atoms with van der Waals surface area (Å²) in [5.74, 6) is -0.238. The fourth-order valence-electron chi connectivity index (χ4n) is 2.21. The molecule has 1 N–H and O–H groups in total. The first kappa shape index (κ1) is 18.4. The molecule has 1 amide bonds. The lowest BCUT2D eigenvalue weighted by Gasteiger charge is -2.09. The number of amides is 1. The Morgan fingerprint density at radius 1 is 1.24 bits per heavy atom. The standard InChI is InChI=1S/C19H15BrN2O3/c1-12(23)16-5-3-4-6-17(16)22-19(24)14(11-21)9-13-10-15(20)7-8-18(13)25-2/h3-10H,1-2H3,(H,22,24)/b14-9-. The molecule has 0 saturated carbocycles. The van der Waals surface area contributed by atoms with Crippen molar-refractivity contribution in [1.82, 2.24) is 0 Å². The van der Waals surface area contributed by atoms with Crippen LogP contribution < -0.4 is 10.1 Å². The molecule has 0 atom stereocenters.